The van der Waals surface area contributed by atoms with Gasteiger partial charge in [0.05, 0.1) is 10.9 Å². The molecule has 0 N–H and O–H groups in total. The van der Waals surface area contributed by atoms with Gasteiger partial charge in [-0.15, -0.1) is 0 Å². The van der Waals surface area contributed by atoms with Gasteiger partial charge in [-0.3, -0.25) is 0 Å². The van der Waals surface area contributed by atoms with Crippen molar-refractivity contribution in [2.45, 2.75) is 59.3 Å². The predicted molar refractivity (Wildman–Crippen MR) is 139 cm³/mol. The first-order valence-electron chi connectivity index (χ1n) is 12.9. The minimum absolute atomic E-state index is 0. The Kier molecular flexibility index (Phi) is 7.37. The van der Waals surface area contributed by atoms with E-state index in [1.165, 1.54) is 46.8 Å². The second-order valence-corrected chi connectivity index (χ2v) is 12.7. The summed E-state index contributed by atoms with van der Waals surface area (Å²) in [6.07, 6.45) is 6.30. The molecule has 188 valence electrons. The summed E-state index contributed by atoms with van der Waals surface area (Å²) in [6.45, 7) is 2.14. The molecule has 0 radical (unpaired) electrons. The zero-order chi connectivity index (χ0) is 23.8. The number of hydrogen-bond acceptors (Lipinski definition) is 3. The molecular formula is C31H33ClO3S. The molecule has 4 fully saturated rings. The standard InChI is InChI=1S/C31H33O3S.ClH/c1-31(24-17-22-16-23(19-24)20-25(31)18-22)34-30(32)21-33-26-12-14-29(15-13-26)35(27-8-4-2-5-9-27)28-10-6-3-7-11-28;/h2-15,22-25H,16-21H2,1H3;1H/q+1;/p-1. The molecule has 0 spiro atoms. The van der Waals surface area contributed by atoms with Crippen molar-refractivity contribution in [2.75, 3.05) is 6.61 Å². The van der Waals surface area contributed by atoms with Gasteiger partial charge in [-0.05, 0) is 111 Å². The van der Waals surface area contributed by atoms with Crippen LogP contribution in [0.3, 0.4) is 0 Å². The van der Waals surface area contributed by atoms with Crippen molar-refractivity contribution in [3.05, 3.63) is 84.9 Å². The number of carbonyl (C=O) groups excluding carboxylic acids is 1. The van der Waals surface area contributed by atoms with Crippen LogP contribution in [0.15, 0.2) is 99.6 Å². The molecule has 36 heavy (non-hydrogen) atoms. The first-order valence-corrected chi connectivity index (χ1v) is 14.1. The molecule has 3 nitrogen and oxygen atoms in total. The average Bonchev–Trinajstić information content (AvgIpc) is 2.88. The van der Waals surface area contributed by atoms with Gasteiger partial charge in [0.25, 0.3) is 0 Å². The van der Waals surface area contributed by atoms with Crippen LogP contribution >= 0.6 is 0 Å². The Morgan fingerprint density at radius 3 is 1.72 bits per heavy atom. The van der Waals surface area contributed by atoms with Crippen LogP contribution < -0.4 is 17.1 Å². The van der Waals surface area contributed by atoms with Gasteiger partial charge < -0.3 is 21.9 Å². The van der Waals surface area contributed by atoms with Crippen molar-refractivity contribution < 1.29 is 26.7 Å². The van der Waals surface area contributed by atoms with Gasteiger partial charge >= 0.3 is 5.97 Å². The zero-order valence-corrected chi connectivity index (χ0v) is 22.2. The van der Waals surface area contributed by atoms with E-state index in [0.29, 0.717) is 17.6 Å². The maximum atomic E-state index is 12.8. The number of benzene rings is 3. The van der Waals surface area contributed by atoms with E-state index >= 15 is 0 Å². The van der Waals surface area contributed by atoms with Crippen LogP contribution in [0.2, 0.25) is 0 Å². The third-order valence-electron chi connectivity index (χ3n) is 8.47. The molecule has 5 heteroatoms. The molecule has 3 aromatic carbocycles. The zero-order valence-electron chi connectivity index (χ0n) is 20.6. The summed E-state index contributed by atoms with van der Waals surface area (Å²) >= 11 is 0. The van der Waals surface area contributed by atoms with Crippen molar-refractivity contribution in [1.82, 2.24) is 0 Å². The Hall–Kier alpha value is -2.43. The fourth-order valence-electron chi connectivity index (χ4n) is 6.90. The largest absolute Gasteiger partial charge is 1.00 e. The molecule has 0 atom stereocenters. The van der Waals surface area contributed by atoms with Gasteiger partial charge in [-0.25, -0.2) is 4.79 Å². The molecule has 4 saturated carbocycles. The van der Waals surface area contributed by atoms with Gasteiger partial charge in [0.15, 0.2) is 21.3 Å². The SMILES string of the molecule is CC1(OC(=O)COc2ccc([S+](c3ccccc3)c3ccccc3)cc2)C2CC3CC(C2)CC1C3.[Cl-]. The average molecular weight is 521 g/mol. The fraction of sp³-hybridized carbons (Fsp3) is 0.387. The lowest BCUT2D eigenvalue weighted by Crippen LogP contribution is -3.00. The quantitative estimate of drug-likeness (QED) is 0.350. The maximum Gasteiger partial charge on any atom is 0.344 e. The third-order valence-corrected chi connectivity index (χ3v) is 10.7. The van der Waals surface area contributed by atoms with Gasteiger partial charge in [-0.2, -0.15) is 0 Å². The smallest absolute Gasteiger partial charge is 0.344 e. The number of hydrogen-bond donors (Lipinski definition) is 0. The van der Waals surface area contributed by atoms with Crippen LogP contribution in [-0.2, 0) is 20.4 Å². The topological polar surface area (TPSA) is 35.5 Å². The molecule has 0 saturated heterocycles. The van der Waals surface area contributed by atoms with E-state index in [4.69, 9.17) is 9.47 Å². The highest BCUT2D eigenvalue weighted by Gasteiger charge is 2.57. The second-order valence-electron chi connectivity index (χ2n) is 10.7. The Balaban J connectivity index is 0.00000267. The van der Waals surface area contributed by atoms with Crippen LogP contribution in [0, 0.1) is 23.7 Å². The summed E-state index contributed by atoms with van der Waals surface area (Å²) in [7, 11) is -0.196. The molecular weight excluding hydrogens is 488 g/mol. The normalized spacial score (nSPS) is 27.9. The summed E-state index contributed by atoms with van der Waals surface area (Å²) in [6, 6.07) is 29.4. The van der Waals surface area contributed by atoms with Gasteiger partial charge in [0.2, 0.25) is 0 Å². The lowest BCUT2D eigenvalue weighted by Gasteiger charge is -2.59. The molecule has 0 heterocycles. The summed E-state index contributed by atoms with van der Waals surface area (Å²) in [5.41, 5.74) is -0.308. The van der Waals surface area contributed by atoms with Crippen molar-refractivity contribution >= 4 is 16.9 Å². The minimum Gasteiger partial charge on any atom is -1.00 e. The van der Waals surface area contributed by atoms with Gasteiger partial charge in [0, 0.05) is 0 Å². The second kappa shape index (κ2) is 10.5. The third kappa shape index (κ3) is 4.90. The Labute approximate surface area is 223 Å². The molecule has 0 aliphatic heterocycles. The van der Waals surface area contributed by atoms with E-state index in [1.807, 2.05) is 12.1 Å². The van der Waals surface area contributed by atoms with E-state index < -0.39 is 0 Å². The Morgan fingerprint density at radius 1 is 0.750 bits per heavy atom. The Bertz CT molecular complexity index is 1100. The van der Waals surface area contributed by atoms with Crippen LogP contribution in [0.25, 0.3) is 0 Å². The van der Waals surface area contributed by atoms with Crippen molar-refractivity contribution in [1.29, 1.82) is 0 Å². The van der Waals surface area contributed by atoms with E-state index in [9.17, 15) is 4.79 Å². The molecule has 7 rings (SSSR count). The van der Waals surface area contributed by atoms with E-state index in [1.54, 1.807) is 0 Å². The Morgan fingerprint density at radius 2 is 1.22 bits per heavy atom. The monoisotopic (exact) mass is 520 g/mol. The molecule has 4 aliphatic rings. The summed E-state index contributed by atoms with van der Waals surface area (Å²) < 4.78 is 12.0. The van der Waals surface area contributed by atoms with E-state index in [0.717, 1.165) is 11.8 Å². The highest BCUT2D eigenvalue weighted by Crippen LogP contribution is 2.59. The maximum absolute atomic E-state index is 12.8. The number of rotatable bonds is 7. The minimum atomic E-state index is -0.308. The molecule has 0 unspecified atom stereocenters. The van der Waals surface area contributed by atoms with Crippen LogP contribution in [0.5, 0.6) is 5.75 Å². The molecule has 4 aliphatic carbocycles. The highest BCUT2D eigenvalue weighted by molar-refractivity contribution is 7.97. The van der Waals surface area contributed by atoms with E-state index in [-0.39, 0.29) is 41.5 Å². The van der Waals surface area contributed by atoms with Gasteiger partial charge in [0.1, 0.15) is 11.4 Å². The molecule has 0 amide bonds. The number of ether oxygens (including phenoxy) is 2. The lowest BCUT2D eigenvalue weighted by molar-refractivity contribution is -0.204. The van der Waals surface area contributed by atoms with Crippen molar-refractivity contribution in [2.24, 2.45) is 23.7 Å². The molecule has 0 aromatic heterocycles. The lowest BCUT2D eigenvalue weighted by atomic mass is 9.50. The number of esters is 1. The fourth-order valence-corrected chi connectivity index (χ4v) is 8.98. The first-order chi connectivity index (χ1) is 17.1. The molecule has 3 aromatic rings. The van der Waals surface area contributed by atoms with Crippen molar-refractivity contribution in [3.63, 3.8) is 0 Å². The first kappa shape index (κ1) is 25.2. The van der Waals surface area contributed by atoms with Crippen LogP contribution in [0.4, 0.5) is 0 Å². The number of carbonyl (C=O) groups is 1. The van der Waals surface area contributed by atoms with Crippen molar-refractivity contribution in [3.8, 4) is 5.75 Å². The van der Waals surface area contributed by atoms with Crippen LogP contribution in [0.1, 0.15) is 39.0 Å². The summed E-state index contributed by atoms with van der Waals surface area (Å²) in [5.74, 6) is 3.22. The highest BCUT2D eigenvalue weighted by atomic mass is 35.5. The predicted octanol–water partition coefficient (Wildman–Crippen LogP) is 3.92. The van der Waals surface area contributed by atoms with Gasteiger partial charge in [-0.1, -0.05) is 36.4 Å². The summed E-state index contributed by atoms with van der Waals surface area (Å²) in [5, 5.41) is 0. The van der Waals surface area contributed by atoms with E-state index in [2.05, 4.69) is 79.7 Å². The summed E-state index contributed by atoms with van der Waals surface area (Å²) in [4.78, 5) is 16.6. The number of halogens is 1. The van der Waals surface area contributed by atoms with Crippen LogP contribution in [-0.4, -0.2) is 18.2 Å². The molecule has 4 bridgehead atoms.